The van der Waals surface area contributed by atoms with Crippen LogP contribution in [0.3, 0.4) is 0 Å². The van der Waals surface area contributed by atoms with Gasteiger partial charge in [0.2, 0.25) is 0 Å². The SMILES string of the molecule is CC(=O)C(C)(C)CC(C)C(=O)C(C)(C)NCCC(C)C(=O)C(C)(C)C. The van der Waals surface area contributed by atoms with Crippen molar-refractivity contribution in [3.05, 3.63) is 0 Å². The van der Waals surface area contributed by atoms with Crippen LogP contribution in [0.25, 0.3) is 0 Å². The highest BCUT2D eigenvalue weighted by molar-refractivity contribution is 5.90. The summed E-state index contributed by atoms with van der Waals surface area (Å²) in [7, 11) is 0. The number of nitrogens with one attached hydrogen (secondary N) is 1. The number of rotatable bonds is 10. The third-order valence-corrected chi connectivity index (χ3v) is 5.16. The van der Waals surface area contributed by atoms with Gasteiger partial charge in [-0.2, -0.15) is 0 Å². The average Bonchev–Trinajstić information content (AvgIpc) is 2.43. The van der Waals surface area contributed by atoms with Crippen molar-refractivity contribution in [3.8, 4) is 0 Å². The van der Waals surface area contributed by atoms with Crippen molar-refractivity contribution in [1.82, 2.24) is 5.32 Å². The highest BCUT2D eigenvalue weighted by Crippen LogP contribution is 2.29. The smallest absolute Gasteiger partial charge is 0.155 e. The maximum absolute atomic E-state index is 12.8. The van der Waals surface area contributed by atoms with Gasteiger partial charge in [-0.05, 0) is 40.2 Å². The second-order valence-electron chi connectivity index (χ2n) is 9.77. The maximum atomic E-state index is 12.8. The van der Waals surface area contributed by atoms with E-state index in [2.05, 4.69) is 5.32 Å². The van der Waals surface area contributed by atoms with E-state index >= 15 is 0 Å². The third kappa shape index (κ3) is 7.39. The molecule has 2 atom stereocenters. The summed E-state index contributed by atoms with van der Waals surface area (Å²) in [6.45, 7) is 19.4. The van der Waals surface area contributed by atoms with Crippen LogP contribution in [0.5, 0.6) is 0 Å². The van der Waals surface area contributed by atoms with Gasteiger partial charge in [-0.25, -0.2) is 0 Å². The second-order valence-corrected chi connectivity index (χ2v) is 9.77. The van der Waals surface area contributed by atoms with Crippen molar-refractivity contribution in [2.45, 2.75) is 87.6 Å². The average molecular weight is 354 g/mol. The number of carbonyl (C=O) groups excluding carboxylic acids is 3. The summed E-state index contributed by atoms with van der Waals surface area (Å²) in [6.07, 6.45) is 1.26. The molecule has 0 radical (unpaired) electrons. The van der Waals surface area contributed by atoms with Gasteiger partial charge in [-0.15, -0.1) is 0 Å². The predicted molar refractivity (Wildman–Crippen MR) is 104 cm³/mol. The lowest BCUT2D eigenvalue weighted by molar-refractivity contribution is -0.131. The Morgan fingerprint density at radius 2 is 1.32 bits per heavy atom. The van der Waals surface area contributed by atoms with Crippen LogP contribution in [-0.4, -0.2) is 29.4 Å². The molecular formula is C21H39NO3. The van der Waals surface area contributed by atoms with Gasteiger partial charge in [-0.3, -0.25) is 14.4 Å². The molecule has 0 aliphatic rings. The Bertz CT molecular complexity index is 498. The van der Waals surface area contributed by atoms with Crippen molar-refractivity contribution in [2.24, 2.45) is 22.7 Å². The molecule has 0 spiro atoms. The zero-order valence-corrected chi connectivity index (χ0v) is 18.0. The summed E-state index contributed by atoms with van der Waals surface area (Å²) < 4.78 is 0. The molecule has 1 N–H and O–H groups in total. The van der Waals surface area contributed by atoms with E-state index in [1.54, 1.807) is 6.92 Å². The summed E-state index contributed by atoms with van der Waals surface area (Å²) in [4.78, 5) is 36.8. The number of hydrogen-bond acceptors (Lipinski definition) is 4. The van der Waals surface area contributed by atoms with Gasteiger partial charge < -0.3 is 5.32 Å². The fraction of sp³-hybridized carbons (Fsp3) is 0.857. The van der Waals surface area contributed by atoms with Crippen LogP contribution in [0.4, 0.5) is 0 Å². The first kappa shape index (κ1) is 24.0. The highest BCUT2D eigenvalue weighted by Gasteiger charge is 2.36. The molecule has 0 aliphatic heterocycles. The van der Waals surface area contributed by atoms with Gasteiger partial charge in [0, 0.05) is 22.7 Å². The fourth-order valence-corrected chi connectivity index (χ4v) is 3.18. The van der Waals surface area contributed by atoms with Gasteiger partial charge in [0.05, 0.1) is 5.54 Å². The van der Waals surface area contributed by atoms with Crippen LogP contribution < -0.4 is 5.32 Å². The molecule has 0 saturated heterocycles. The molecule has 4 nitrogen and oxygen atoms in total. The quantitative estimate of drug-likeness (QED) is 0.639. The van der Waals surface area contributed by atoms with Crippen LogP contribution in [0.1, 0.15) is 82.1 Å². The summed E-state index contributed by atoms with van der Waals surface area (Å²) >= 11 is 0. The minimum absolute atomic E-state index is 0.0347. The molecule has 2 unspecified atom stereocenters. The van der Waals surface area contributed by atoms with Crippen LogP contribution in [0, 0.1) is 22.7 Å². The second kappa shape index (κ2) is 8.57. The number of hydrogen-bond donors (Lipinski definition) is 1. The van der Waals surface area contributed by atoms with E-state index in [1.165, 1.54) is 0 Å². The lowest BCUT2D eigenvalue weighted by Gasteiger charge is -2.32. The molecule has 0 fully saturated rings. The monoisotopic (exact) mass is 353 g/mol. The van der Waals surface area contributed by atoms with Gasteiger partial charge in [0.15, 0.2) is 5.78 Å². The molecule has 25 heavy (non-hydrogen) atoms. The fourth-order valence-electron chi connectivity index (χ4n) is 3.18. The van der Waals surface area contributed by atoms with E-state index in [4.69, 9.17) is 0 Å². The first-order valence-corrected chi connectivity index (χ1v) is 9.37. The van der Waals surface area contributed by atoms with E-state index in [9.17, 15) is 14.4 Å². The van der Waals surface area contributed by atoms with Gasteiger partial charge in [-0.1, -0.05) is 48.5 Å². The lowest BCUT2D eigenvalue weighted by Crippen LogP contribution is -2.50. The molecule has 0 rings (SSSR count). The van der Waals surface area contributed by atoms with Crippen molar-refractivity contribution in [1.29, 1.82) is 0 Å². The first-order chi connectivity index (χ1) is 11.0. The number of Topliss-reactive ketones (excluding diaryl/α,β-unsaturated/α-hetero) is 3. The van der Waals surface area contributed by atoms with E-state index in [0.29, 0.717) is 19.4 Å². The summed E-state index contributed by atoms with van der Waals surface area (Å²) in [5, 5.41) is 3.31. The maximum Gasteiger partial charge on any atom is 0.155 e. The van der Waals surface area contributed by atoms with Crippen LogP contribution >= 0.6 is 0 Å². The first-order valence-electron chi connectivity index (χ1n) is 9.37. The Labute approximate surface area is 154 Å². The van der Waals surface area contributed by atoms with E-state index < -0.39 is 11.0 Å². The minimum Gasteiger partial charge on any atom is -0.305 e. The van der Waals surface area contributed by atoms with Crippen molar-refractivity contribution < 1.29 is 14.4 Å². The molecule has 0 aliphatic carbocycles. The molecule has 0 aromatic rings. The van der Waals surface area contributed by atoms with Crippen molar-refractivity contribution in [3.63, 3.8) is 0 Å². The van der Waals surface area contributed by atoms with E-state index in [-0.39, 0.29) is 34.6 Å². The Hall–Kier alpha value is -1.03. The lowest BCUT2D eigenvalue weighted by atomic mass is 9.76. The molecule has 0 amide bonds. The molecule has 0 heterocycles. The molecule has 0 aromatic carbocycles. The van der Waals surface area contributed by atoms with Gasteiger partial charge in [0.25, 0.3) is 0 Å². The molecule has 4 heteroatoms. The Balaban J connectivity index is 4.69. The van der Waals surface area contributed by atoms with E-state index in [1.807, 2.05) is 62.3 Å². The molecule has 0 saturated carbocycles. The molecule has 146 valence electrons. The topological polar surface area (TPSA) is 63.2 Å². The Morgan fingerprint density at radius 1 is 0.840 bits per heavy atom. The standard InChI is InChI=1S/C21H39NO3/c1-14(17(24)19(4,5)6)11-12-22-21(9,10)18(25)15(2)13-20(7,8)16(3)23/h14-15,22H,11-13H2,1-10H3. The van der Waals surface area contributed by atoms with Crippen LogP contribution in [-0.2, 0) is 14.4 Å². The van der Waals surface area contributed by atoms with Crippen LogP contribution in [0.2, 0.25) is 0 Å². The number of carbonyl (C=O) groups is 3. The summed E-state index contributed by atoms with van der Waals surface area (Å²) in [5.74, 6) is 0.224. The van der Waals surface area contributed by atoms with Crippen molar-refractivity contribution in [2.75, 3.05) is 6.54 Å². The van der Waals surface area contributed by atoms with Crippen molar-refractivity contribution >= 4 is 17.3 Å². The van der Waals surface area contributed by atoms with E-state index in [0.717, 1.165) is 0 Å². The summed E-state index contributed by atoms with van der Waals surface area (Å²) in [5.41, 5.74) is -1.49. The molecule has 0 bridgehead atoms. The third-order valence-electron chi connectivity index (χ3n) is 5.16. The van der Waals surface area contributed by atoms with Crippen LogP contribution in [0.15, 0.2) is 0 Å². The normalized spacial score (nSPS) is 15.6. The van der Waals surface area contributed by atoms with Gasteiger partial charge in [0.1, 0.15) is 11.6 Å². The minimum atomic E-state index is -0.670. The number of ketones is 3. The Morgan fingerprint density at radius 3 is 1.72 bits per heavy atom. The molecule has 0 aromatic heterocycles. The highest BCUT2D eigenvalue weighted by atomic mass is 16.1. The molecular weight excluding hydrogens is 314 g/mol. The zero-order valence-electron chi connectivity index (χ0n) is 18.0. The Kier molecular flexibility index (Phi) is 8.22. The summed E-state index contributed by atoms with van der Waals surface area (Å²) in [6, 6.07) is 0. The zero-order chi connectivity index (χ0) is 20.2. The predicted octanol–water partition coefficient (Wildman–Crippen LogP) is 4.21. The largest absolute Gasteiger partial charge is 0.305 e. The van der Waals surface area contributed by atoms with Gasteiger partial charge >= 0.3 is 0 Å².